The Hall–Kier alpha value is -0.420. The second-order valence-electron chi connectivity index (χ2n) is 5.01. The zero-order valence-corrected chi connectivity index (χ0v) is 11.8. The van der Waals surface area contributed by atoms with Gasteiger partial charge in [-0.25, -0.2) is 0 Å². The molecular weight excluding hydrogens is 305 g/mol. The summed E-state index contributed by atoms with van der Waals surface area (Å²) < 4.78 is 79.7. The van der Waals surface area contributed by atoms with Crippen molar-refractivity contribution in [2.24, 2.45) is 0 Å². The average Bonchev–Trinajstić information content (AvgIpc) is 2.70. The van der Waals surface area contributed by atoms with Gasteiger partial charge in [-0.05, 0) is 20.3 Å². The van der Waals surface area contributed by atoms with Gasteiger partial charge in [-0.1, -0.05) is 6.92 Å². The van der Waals surface area contributed by atoms with Crippen LogP contribution in [0, 0.1) is 0 Å². The van der Waals surface area contributed by atoms with Crippen molar-refractivity contribution in [1.82, 2.24) is 0 Å². The van der Waals surface area contributed by atoms with Gasteiger partial charge < -0.3 is 14.2 Å². The van der Waals surface area contributed by atoms with Gasteiger partial charge in [0.1, 0.15) is 12.2 Å². The van der Waals surface area contributed by atoms with Crippen LogP contribution in [0.4, 0.5) is 13.2 Å². The molecule has 0 aliphatic carbocycles. The molecule has 4 atom stereocenters. The summed E-state index contributed by atoms with van der Waals surface area (Å²) in [7, 11) is -5.72. The molecule has 2 rings (SSSR count). The molecule has 2 saturated heterocycles. The van der Waals surface area contributed by atoms with Gasteiger partial charge in [-0.3, -0.25) is 4.18 Å². The van der Waals surface area contributed by atoms with Gasteiger partial charge in [0, 0.05) is 0 Å². The molecule has 118 valence electrons. The lowest BCUT2D eigenvalue weighted by Crippen LogP contribution is -2.41. The molecule has 0 saturated carbocycles. The van der Waals surface area contributed by atoms with Crippen LogP contribution < -0.4 is 0 Å². The van der Waals surface area contributed by atoms with Crippen LogP contribution in [-0.2, 0) is 28.5 Å². The van der Waals surface area contributed by atoms with E-state index in [1.807, 2.05) is 0 Å². The van der Waals surface area contributed by atoms with Crippen molar-refractivity contribution in [3.63, 3.8) is 0 Å². The number of ether oxygens (including phenoxy) is 3. The van der Waals surface area contributed by atoms with Crippen molar-refractivity contribution < 1.29 is 40.0 Å². The van der Waals surface area contributed by atoms with Gasteiger partial charge in [-0.2, -0.15) is 21.6 Å². The minimum atomic E-state index is -5.72. The highest BCUT2D eigenvalue weighted by Crippen LogP contribution is 2.41. The van der Waals surface area contributed by atoms with Crippen LogP contribution >= 0.6 is 0 Å². The lowest BCUT2D eigenvalue weighted by molar-refractivity contribution is -0.213. The number of halogens is 3. The van der Waals surface area contributed by atoms with E-state index in [1.54, 1.807) is 20.8 Å². The number of hydrogen-bond donors (Lipinski definition) is 0. The molecule has 2 aliphatic heterocycles. The van der Waals surface area contributed by atoms with Crippen molar-refractivity contribution >= 4 is 10.1 Å². The fourth-order valence-electron chi connectivity index (χ4n) is 2.19. The van der Waals surface area contributed by atoms with E-state index in [2.05, 4.69) is 4.18 Å². The second-order valence-corrected chi connectivity index (χ2v) is 6.58. The van der Waals surface area contributed by atoms with Gasteiger partial charge in [0.15, 0.2) is 12.1 Å². The summed E-state index contributed by atoms with van der Waals surface area (Å²) in [4.78, 5) is 0. The minimum absolute atomic E-state index is 0.262. The molecular formula is C10H15F3O6S. The summed E-state index contributed by atoms with van der Waals surface area (Å²) in [6.07, 6.45) is -3.94. The van der Waals surface area contributed by atoms with E-state index in [0.29, 0.717) is 0 Å². The Balaban J connectivity index is 2.21. The highest BCUT2D eigenvalue weighted by atomic mass is 32.2. The molecule has 0 aromatic rings. The fraction of sp³-hybridized carbons (Fsp3) is 1.00. The minimum Gasteiger partial charge on any atom is -0.344 e. The highest BCUT2D eigenvalue weighted by molar-refractivity contribution is 7.87. The van der Waals surface area contributed by atoms with Gasteiger partial charge in [0.25, 0.3) is 0 Å². The molecule has 0 radical (unpaired) electrons. The summed E-state index contributed by atoms with van der Waals surface area (Å²) in [5, 5.41) is 0. The van der Waals surface area contributed by atoms with Crippen molar-refractivity contribution in [3.8, 4) is 0 Å². The lowest BCUT2D eigenvalue weighted by Gasteiger charge is -2.25. The van der Waals surface area contributed by atoms with Crippen LogP contribution in [0.15, 0.2) is 0 Å². The Morgan fingerprint density at radius 1 is 1.25 bits per heavy atom. The third-order valence-corrected chi connectivity index (χ3v) is 4.05. The molecule has 0 bridgehead atoms. The zero-order valence-electron chi connectivity index (χ0n) is 11.0. The maximum atomic E-state index is 12.4. The molecule has 2 heterocycles. The van der Waals surface area contributed by atoms with E-state index in [1.165, 1.54) is 0 Å². The van der Waals surface area contributed by atoms with E-state index >= 15 is 0 Å². The Kier molecular flexibility index (Phi) is 3.83. The van der Waals surface area contributed by atoms with Crippen molar-refractivity contribution in [2.75, 3.05) is 0 Å². The molecule has 2 aliphatic rings. The topological polar surface area (TPSA) is 71.1 Å². The summed E-state index contributed by atoms with van der Waals surface area (Å²) in [6, 6.07) is 0. The first-order valence-corrected chi connectivity index (χ1v) is 7.38. The summed E-state index contributed by atoms with van der Waals surface area (Å²) in [5.74, 6) is -1.07. The molecule has 0 N–H and O–H groups in total. The Morgan fingerprint density at radius 2 is 1.85 bits per heavy atom. The Morgan fingerprint density at radius 3 is 2.35 bits per heavy atom. The quantitative estimate of drug-likeness (QED) is 0.580. The van der Waals surface area contributed by atoms with E-state index in [4.69, 9.17) is 14.2 Å². The van der Waals surface area contributed by atoms with Crippen LogP contribution in [0.5, 0.6) is 0 Å². The maximum Gasteiger partial charge on any atom is 0.523 e. The number of alkyl halides is 3. The first-order chi connectivity index (χ1) is 8.97. The second kappa shape index (κ2) is 4.80. The number of fused-ring (bicyclic) bond motifs is 1. The van der Waals surface area contributed by atoms with Crippen molar-refractivity contribution in [3.05, 3.63) is 0 Å². The molecule has 0 unspecified atom stereocenters. The largest absolute Gasteiger partial charge is 0.523 e. The van der Waals surface area contributed by atoms with E-state index in [-0.39, 0.29) is 6.42 Å². The summed E-state index contributed by atoms with van der Waals surface area (Å²) in [5.41, 5.74) is -5.49. The van der Waals surface area contributed by atoms with Gasteiger partial charge in [0.2, 0.25) is 0 Å². The van der Waals surface area contributed by atoms with Crippen LogP contribution in [0.3, 0.4) is 0 Å². The number of hydrogen-bond acceptors (Lipinski definition) is 6. The molecule has 20 heavy (non-hydrogen) atoms. The zero-order chi connectivity index (χ0) is 15.3. The van der Waals surface area contributed by atoms with Crippen molar-refractivity contribution in [2.45, 2.75) is 63.1 Å². The first kappa shape index (κ1) is 16.0. The third-order valence-electron chi connectivity index (χ3n) is 3.01. The first-order valence-electron chi connectivity index (χ1n) is 5.97. The highest BCUT2D eigenvalue weighted by Gasteiger charge is 2.59. The number of rotatable bonds is 3. The third kappa shape index (κ3) is 2.80. The Labute approximate surface area is 114 Å². The monoisotopic (exact) mass is 320 g/mol. The van der Waals surface area contributed by atoms with Crippen LogP contribution in [0.25, 0.3) is 0 Å². The predicted molar refractivity (Wildman–Crippen MR) is 58.8 cm³/mol. The average molecular weight is 320 g/mol. The van der Waals surface area contributed by atoms with E-state index in [0.717, 1.165) is 0 Å². The van der Waals surface area contributed by atoms with Crippen molar-refractivity contribution in [1.29, 1.82) is 0 Å². The van der Waals surface area contributed by atoms with Crippen LogP contribution in [0.1, 0.15) is 27.2 Å². The fourth-order valence-corrected chi connectivity index (χ4v) is 2.83. The smallest absolute Gasteiger partial charge is 0.344 e. The standard InChI is InChI=1S/C10H15F3O6S/c1-4-5-6(19-20(14,15)10(11,12)13)7-8(16-5)18-9(2,3)17-7/h5-8H,4H2,1-3H3/t5-,6+,7-,8-/m1/s1. The molecule has 0 amide bonds. The molecule has 0 aromatic carbocycles. The Bertz CT molecular complexity index is 474. The SMILES string of the molecule is CC[C@H]1O[C@@H]2OC(C)(C)O[C@@H]2[C@H]1OS(=O)(=O)C(F)(F)F. The molecule has 2 fully saturated rings. The van der Waals surface area contributed by atoms with Gasteiger partial charge in [0.05, 0.1) is 6.10 Å². The predicted octanol–water partition coefficient (Wildman–Crippen LogP) is 1.51. The summed E-state index contributed by atoms with van der Waals surface area (Å²) in [6.45, 7) is 4.73. The molecule has 0 spiro atoms. The van der Waals surface area contributed by atoms with E-state index < -0.39 is 46.0 Å². The summed E-state index contributed by atoms with van der Waals surface area (Å²) >= 11 is 0. The molecule has 10 heteroatoms. The normalized spacial score (nSPS) is 37.1. The van der Waals surface area contributed by atoms with Gasteiger partial charge in [-0.15, -0.1) is 0 Å². The maximum absolute atomic E-state index is 12.4. The van der Waals surface area contributed by atoms with E-state index in [9.17, 15) is 21.6 Å². The molecule has 0 aromatic heterocycles. The van der Waals surface area contributed by atoms with Gasteiger partial charge >= 0.3 is 15.6 Å². The lowest BCUT2D eigenvalue weighted by atomic mass is 10.1. The molecule has 6 nitrogen and oxygen atoms in total. The van der Waals surface area contributed by atoms with Crippen LogP contribution in [-0.4, -0.2) is 44.3 Å². The van der Waals surface area contributed by atoms with Crippen LogP contribution in [0.2, 0.25) is 0 Å².